The minimum Gasteiger partial charge on any atom is -0.481 e. The number of methoxy groups -OCH3 is 4. The van der Waals surface area contributed by atoms with Gasteiger partial charge in [0, 0.05) is 118 Å². The Hall–Kier alpha value is -7.48. The topological polar surface area (TPSA) is 157 Å². The number of Topliss-reactive ketones (excluding diaryl/α,β-unsaturated/α-hetero) is 4. The monoisotopic (exact) mass is 1480 g/mol. The third kappa shape index (κ3) is 24.3. The molecule has 0 unspecified atom stereocenters. The van der Waals surface area contributed by atoms with Crippen LogP contribution in [0, 0.1) is 47.3 Å². The molecule has 0 amide bonds. The van der Waals surface area contributed by atoms with Crippen LogP contribution in [0.5, 0.6) is 23.5 Å². The largest absolute Gasteiger partial charge is 0.481 e. The summed E-state index contributed by atoms with van der Waals surface area (Å²) in [6, 6.07) is 46.9. The van der Waals surface area contributed by atoms with Crippen molar-refractivity contribution in [1.82, 2.24) is 19.9 Å². The quantitative estimate of drug-likeness (QED) is 0.0565. The van der Waals surface area contributed by atoms with E-state index in [2.05, 4.69) is 71.9 Å². The minimum absolute atomic E-state index is 0.110. The van der Waals surface area contributed by atoms with E-state index in [-0.39, 0.29) is 23.7 Å². The van der Waals surface area contributed by atoms with Crippen LogP contribution in [-0.2, 0) is 44.9 Å². The van der Waals surface area contributed by atoms with Crippen molar-refractivity contribution in [2.24, 2.45) is 47.3 Å². The molecule has 4 aromatic carbocycles. The van der Waals surface area contributed by atoms with E-state index in [1.807, 2.05) is 146 Å². The zero-order valence-corrected chi connectivity index (χ0v) is 64.8. The van der Waals surface area contributed by atoms with Crippen LogP contribution in [0.1, 0.15) is 199 Å². The first kappa shape index (κ1) is 80.6. The van der Waals surface area contributed by atoms with Gasteiger partial charge in [-0.2, -0.15) is 0 Å². The molecule has 0 bridgehead atoms. The Morgan fingerprint density at radius 1 is 0.298 bits per heavy atom. The first-order valence-corrected chi connectivity index (χ1v) is 38.9. The van der Waals surface area contributed by atoms with Gasteiger partial charge in [0.05, 0.1) is 28.4 Å². The number of nitrogens with zero attached hydrogens (tertiary/aromatic N) is 4. The number of benzene rings is 4. The van der Waals surface area contributed by atoms with Crippen molar-refractivity contribution in [2.45, 2.75) is 180 Å². The van der Waals surface area contributed by atoms with E-state index in [9.17, 15) is 19.2 Å². The SMILES string of the molecule is COc1cc(C2CCC([C@@H](C)C(=O)Cc3ccc(Cl)cc3)CC2)ccn1.COc1cc(C2CCC([C@@H](C)C(=O)Cc3ccc(Cl)cc3)CC2)ccn1.COc1cc(C2CCC([C@H](C)C(=O)Cc3ccc(Cl)cc3)CC2)ccn1.COc1cc(C2CCC([C@H](C)C(=O)Cc3ccc(Cl)cc3)CC2)ccn1. The number of carbonyl (C=O) groups is 4. The molecule has 4 fully saturated rings. The molecule has 8 aromatic rings. The summed E-state index contributed by atoms with van der Waals surface area (Å²) in [6.07, 6.45) is 27.0. The van der Waals surface area contributed by atoms with Crippen LogP contribution >= 0.6 is 46.4 Å². The van der Waals surface area contributed by atoms with Crippen molar-refractivity contribution in [2.75, 3.05) is 28.4 Å². The van der Waals surface area contributed by atoms with Crippen molar-refractivity contribution in [3.63, 3.8) is 0 Å². The molecule has 4 aliphatic carbocycles. The highest BCUT2D eigenvalue weighted by atomic mass is 35.5. The summed E-state index contributed by atoms with van der Waals surface area (Å²) in [7, 11) is 6.60. The van der Waals surface area contributed by atoms with Crippen molar-refractivity contribution in [1.29, 1.82) is 0 Å². The van der Waals surface area contributed by atoms with Gasteiger partial charge >= 0.3 is 0 Å². The molecule has 0 N–H and O–H groups in total. The minimum atomic E-state index is 0.110. The van der Waals surface area contributed by atoms with Gasteiger partial charge in [-0.3, -0.25) is 19.2 Å². The molecule has 0 aliphatic heterocycles. The number of hydrogen-bond donors (Lipinski definition) is 0. The summed E-state index contributed by atoms with van der Waals surface area (Å²) in [5.74, 6) is 8.58. The van der Waals surface area contributed by atoms with Crippen LogP contribution in [-0.4, -0.2) is 71.5 Å². The van der Waals surface area contributed by atoms with Gasteiger partial charge in [0.1, 0.15) is 23.1 Å². The molecule has 4 aromatic heterocycles. The summed E-state index contributed by atoms with van der Waals surface area (Å²) in [6.45, 7) is 8.38. The maximum atomic E-state index is 12.7. The fourth-order valence-corrected chi connectivity index (χ4v) is 16.4. The predicted molar refractivity (Wildman–Crippen MR) is 419 cm³/mol. The van der Waals surface area contributed by atoms with Crippen molar-refractivity contribution >= 4 is 69.5 Å². The van der Waals surface area contributed by atoms with E-state index in [0.717, 1.165) is 125 Å². The maximum Gasteiger partial charge on any atom is 0.213 e. The number of ether oxygens (including phenoxy) is 4. The van der Waals surface area contributed by atoms with Crippen molar-refractivity contribution < 1.29 is 38.1 Å². The Bertz CT molecular complexity index is 3460. The molecule has 0 saturated heterocycles. The van der Waals surface area contributed by atoms with Gasteiger partial charge in [0.25, 0.3) is 0 Å². The molecule has 12 nitrogen and oxygen atoms in total. The highest BCUT2D eigenvalue weighted by molar-refractivity contribution is 6.31. The molecular weight excluding hydrogens is 1380 g/mol. The second-order valence-electron chi connectivity index (χ2n) is 29.2. The van der Waals surface area contributed by atoms with Gasteiger partial charge in [0.2, 0.25) is 23.5 Å². The fourth-order valence-electron chi connectivity index (χ4n) is 15.9. The number of carbonyl (C=O) groups excluding carboxylic acids is 4. The van der Waals surface area contributed by atoms with Crippen LogP contribution in [0.4, 0.5) is 0 Å². The van der Waals surface area contributed by atoms with Gasteiger partial charge in [-0.25, -0.2) is 19.9 Å². The molecule has 552 valence electrons. The second kappa shape index (κ2) is 40.9. The van der Waals surface area contributed by atoms with E-state index >= 15 is 0 Å². The zero-order valence-electron chi connectivity index (χ0n) is 61.8. The smallest absolute Gasteiger partial charge is 0.213 e. The molecule has 4 atom stereocenters. The Labute approximate surface area is 637 Å². The highest BCUT2D eigenvalue weighted by Crippen LogP contribution is 2.44. The Balaban J connectivity index is 0.000000161. The van der Waals surface area contributed by atoms with E-state index in [4.69, 9.17) is 65.4 Å². The van der Waals surface area contributed by atoms with Gasteiger partial charge in [-0.05, 0) is 267 Å². The van der Waals surface area contributed by atoms with Crippen molar-refractivity contribution in [3.8, 4) is 23.5 Å². The van der Waals surface area contributed by atoms with E-state index in [0.29, 0.717) is 140 Å². The number of halogens is 4. The van der Waals surface area contributed by atoms with Gasteiger partial charge < -0.3 is 18.9 Å². The molecule has 12 rings (SSSR count). The fraction of sp³-hybridized carbons (Fsp3) is 0.455. The lowest BCUT2D eigenvalue weighted by Gasteiger charge is -2.32. The first-order chi connectivity index (χ1) is 50.3. The molecule has 0 spiro atoms. The Kier molecular flexibility index (Phi) is 31.7. The maximum absolute atomic E-state index is 12.7. The summed E-state index contributed by atoms with van der Waals surface area (Å²) in [5.41, 5.74) is 9.39. The van der Waals surface area contributed by atoms with Crippen molar-refractivity contribution in [3.05, 3.63) is 235 Å². The predicted octanol–water partition coefficient (Wildman–Crippen LogP) is 21.9. The molecule has 104 heavy (non-hydrogen) atoms. The molecular formula is C88H104Cl4N4O8. The van der Waals surface area contributed by atoms with Crippen LogP contribution in [0.15, 0.2) is 170 Å². The van der Waals surface area contributed by atoms with Crippen LogP contribution in [0.3, 0.4) is 0 Å². The lowest BCUT2D eigenvalue weighted by molar-refractivity contribution is -0.124. The number of hydrogen-bond acceptors (Lipinski definition) is 12. The zero-order chi connectivity index (χ0) is 74.1. The molecule has 16 heteroatoms. The molecule has 4 heterocycles. The number of pyridine rings is 4. The normalized spacial score (nSPS) is 21.2. The molecule has 0 radical (unpaired) electrons. The van der Waals surface area contributed by atoms with Gasteiger partial charge in [-0.1, -0.05) is 123 Å². The highest BCUT2D eigenvalue weighted by Gasteiger charge is 2.34. The summed E-state index contributed by atoms with van der Waals surface area (Å²) < 4.78 is 20.9. The number of ketones is 4. The average Bonchev–Trinajstić information content (AvgIpc) is 0.856. The molecule has 4 aliphatic rings. The van der Waals surface area contributed by atoms with Gasteiger partial charge in [0.15, 0.2) is 0 Å². The third-order valence-electron chi connectivity index (χ3n) is 22.9. The standard InChI is InChI=1S/4C22H26ClNO2/c4*1-15(21(25)13-16-3-9-20(23)10-4-16)17-5-7-18(8-6-17)19-11-12-24-22(14-19)26-2/h4*3-4,9-12,14-15,17-18H,5-8,13H2,1-2H3/t4*15-,17?,18?/m1100/s1. The van der Waals surface area contributed by atoms with Crippen LogP contribution in [0.2, 0.25) is 20.1 Å². The third-order valence-corrected chi connectivity index (χ3v) is 23.9. The summed E-state index contributed by atoms with van der Waals surface area (Å²) in [5, 5.41) is 2.83. The van der Waals surface area contributed by atoms with E-state index in [1.54, 1.807) is 28.4 Å². The first-order valence-electron chi connectivity index (χ1n) is 37.3. The van der Waals surface area contributed by atoms with Crippen LogP contribution in [0.25, 0.3) is 0 Å². The number of aromatic nitrogens is 4. The van der Waals surface area contributed by atoms with Crippen LogP contribution < -0.4 is 18.9 Å². The second-order valence-corrected chi connectivity index (χ2v) is 31.0. The van der Waals surface area contributed by atoms with E-state index < -0.39 is 0 Å². The average molecular weight is 1490 g/mol. The van der Waals surface area contributed by atoms with Gasteiger partial charge in [-0.15, -0.1) is 0 Å². The Morgan fingerprint density at radius 3 is 0.635 bits per heavy atom. The summed E-state index contributed by atoms with van der Waals surface area (Å²) >= 11 is 23.7. The molecule has 4 saturated carbocycles. The lowest BCUT2D eigenvalue weighted by Crippen LogP contribution is -2.26. The lowest BCUT2D eigenvalue weighted by atomic mass is 9.73. The summed E-state index contributed by atoms with van der Waals surface area (Å²) in [4.78, 5) is 67.5. The van der Waals surface area contributed by atoms with E-state index in [1.165, 1.54) is 22.3 Å². The number of rotatable bonds is 24. The Morgan fingerprint density at radius 2 is 0.471 bits per heavy atom.